The quantitative estimate of drug-likeness (QED) is 0.356. The first-order valence-corrected chi connectivity index (χ1v) is 12.8. The summed E-state index contributed by atoms with van der Waals surface area (Å²) in [5.41, 5.74) is 3.21. The van der Waals surface area contributed by atoms with Crippen molar-refractivity contribution in [2.45, 2.75) is 44.9 Å². The van der Waals surface area contributed by atoms with Gasteiger partial charge in [-0.25, -0.2) is 4.98 Å². The third-order valence-electron chi connectivity index (χ3n) is 6.39. The van der Waals surface area contributed by atoms with Crippen molar-refractivity contribution in [1.29, 1.82) is 0 Å². The van der Waals surface area contributed by atoms with Crippen molar-refractivity contribution in [2.24, 2.45) is 0 Å². The van der Waals surface area contributed by atoms with Gasteiger partial charge in [0.1, 0.15) is 0 Å². The average Bonchev–Trinajstić information content (AvgIpc) is 2.86. The maximum absolute atomic E-state index is 13.2. The summed E-state index contributed by atoms with van der Waals surface area (Å²) in [7, 11) is 0. The average molecular weight is 465 g/mol. The molecule has 0 aliphatic carbocycles. The van der Waals surface area contributed by atoms with Crippen molar-refractivity contribution in [3.8, 4) is 0 Å². The first-order valence-electron chi connectivity index (χ1n) is 11.8. The van der Waals surface area contributed by atoms with E-state index in [9.17, 15) is 9.59 Å². The van der Waals surface area contributed by atoms with Gasteiger partial charge >= 0.3 is 0 Å². The molecule has 1 aromatic heterocycles. The van der Waals surface area contributed by atoms with E-state index in [1.54, 1.807) is 4.57 Å². The predicted octanol–water partition coefficient (Wildman–Crippen LogP) is 3.81. The number of hydrogen-bond donors (Lipinski definition) is 0. The summed E-state index contributed by atoms with van der Waals surface area (Å²) in [6.45, 7) is 9.21. The molecule has 0 saturated heterocycles. The molecule has 4 rings (SSSR count). The molecule has 1 aliphatic rings. The minimum Gasteiger partial charge on any atom is -0.337 e. The van der Waals surface area contributed by atoms with Gasteiger partial charge in [0.25, 0.3) is 5.56 Å². The lowest BCUT2D eigenvalue weighted by Gasteiger charge is -2.28. The number of amides is 1. The maximum Gasteiger partial charge on any atom is 0.262 e. The molecule has 0 bridgehead atoms. The van der Waals surface area contributed by atoms with Gasteiger partial charge in [-0.3, -0.25) is 14.2 Å². The molecule has 2 heterocycles. The number of carbonyl (C=O) groups excluding carboxylic acids is 1. The largest absolute Gasteiger partial charge is 0.337 e. The second kappa shape index (κ2) is 11.0. The van der Waals surface area contributed by atoms with Crippen LogP contribution in [0.5, 0.6) is 0 Å². The molecule has 0 N–H and O–H groups in total. The van der Waals surface area contributed by atoms with Crippen molar-refractivity contribution in [1.82, 2.24) is 19.4 Å². The Morgan fingerprint density at radius 2 is 1.79 bits per heavy atom. The summed E-state index contributed by atoms with van der Waals surface area (Å²) in [4.78, 5) is 35.3. The number of benzene rings is 2. The number of thioether (sulfide) groups is 1. The number of para-hydroxylation sites is 1. The Hall–Kier alpha value is -2.64. The van der Waals surface area contributed by atoms with Crippen molar-refractivity contribution in [3.63, 3.8) is 0 Å². The monoisotopic (exact) mass is 464 g/mol. The van der Waals surface area contributed by atoms with Gasteiger partial charge in [-0.2, -0.15) is 0 Å². The van der Waals surface area contributed by atoms with Crippen LogP contribution in [-0.2, 0) is 24.3 Å². The normalized spacial score (nSPS) is 13.5. The van der Waals surface area contributed by atoms with Crippen LogP contribution in [0.3, 0.4) is 0 Å². The molecule has 174 valence electrons. The second-order valence-corrected chi connectivity index (χ2v) is 9.31. The van der Waals surface area contributed by atoms with E-state index >= 15 is 0 Å². The van der Waals surface area contributed by atoms with Crippen molar-refractivity contribution in [3.05, 3.63) is 70.0 Å². The molecule has 2 aromatic carbocycles. The lowest BCUT2D eigenvalue weighted by molar-refractivity contribution is -0.129. The van der Waals surface area contributed by atoms with E-state index in [1.807, 2.05) is 35.2 Å². The van der Waals surface area contributed by atoms with Crippen molar-refractivity contribution in [2.75, 3.05) is 31.9 Å². The van der Waals surface area contributed by atoms with Crippen LogP contribution >= 0.6 is 11.8 Å². The molecule has 0 fully saturated rings. The molecule has 3 aromatic rings. The van der Waals surface area contributed by atoms with Crippen LogP contribution in [0, 0.1) is 0 Å². The van der Waals surface area contributed by atoms with Gasteiger partial charge in [-0.15, -0.1) is 0 Å². The molecule has 1 amide bonds. The lowest BCUT2D eigenvalue weighted by Crippen LogP contribution is -2.37. The molecule has 0 saturated carbocycles. The zero-order valence-corrected chi connectivity index (χ0v) is 20.3. The highest BCUT2D eigenvalue weighted by molar-refractivity contribution is 7.99. The third-order valence-corrected chi connectivity index (χ3v) is 7.35. The maximum atomic E-state index is 13.2. The summed E-state index contributed by atoms with van der Waals surface area (Å²) >= 11 is 1.38. The minimum atomic E-state index is -0.0259. The Morgan fingerprint density at radius 3 is 2.58 bits per heavy atom. The summed E-state index contributed by atoms with van der Waals surface area (Å²) in [5.74, 6) is 0.370. The molecule has 1 aliphatic heterocycles. The van der Waals surface area contributed by atoms with Crippen molar-refractivity contribution < 1.29 is 4.79 Å². The summed E-state index contributed by atoms with van der Waals surface area (Å²) in [6, 6.07) is 15.8. The van der Waals surface area contributed by atoms with E-state index in [0.717, 1.165) is 39.0 Å². The first-order chi connectivity index (χ1) is 16.1. The number of aromatic nitrogens is 2. The van der Waals surface area contributed by atoms with E-state index in [4.69, 9.17) is 4.98 Å². The second-order valence-electron chi connectivity index (χ2n) is 8.37. The van der Waals surface area contributed by atoms with Crippen LogP contribution in [-0.4, -0.2) is 57.2 Å². The number of hydrogen-bond acceptors (Lipinski definition) is 5. The zero-order chi connectivity index (χ0) is 23.2. The Morgan fingerprint density at radius 1 is 1.06 bits per heavy atom. The molecular formula is C26H32N4O2S. The van der Waals surface area contributed by atoms with Crippen LogP contribution in [0.15, 0.2) is 58.5 Å². The highest BCUT2D eigenvalue weighted by atomic mass is 32.2. The minimum absolute atomic E-state index is 0.0259. The van der Waals surface area contributed by atoms with Crippen LogP contribution in [0.25, 0.3) is 10.9 Å². The molecule has 0 radical (unpaired) electrons. The van der Waals surface area contributed by atoms with Gasteiger partial charge in [-0.05, 0) is 55.7 Å². The summed E-state index contributed by atoms with van der Waals surface area (Å²) < 4.78 is 1.76. The van der Waals surface area contributed by atoms with E-state index < -0.39 is 0 Å². The Kier molecular flexibility index (Phi) is 7.83. The number of carbonyl (C=O) groups is 1. The number of rotatable bonds is 9. The predicted molar refractivity (Wildman–Crippen MR) is 135 cm³/mol. The number of nitrogens with zero attached hydrogens (tertiary/aromatic N) is 4. The van der Waals surface area contributed by atoms with E-state index in [1.165, 1.54) is 22.9 Å². The Bertz CT molecular complexity index is 1170. The van der Waals surface area contributed by atoms with E-state index in [0.29, 0.717) is 29.1 Å². The van der Waals surface area contributed by atoms with E-state index in [-0.39, 0.29) is 17.2 Å². The summed E-state index contributed by atoms with van der Waals surface area (Å²) in [5, 5.41) is 1.26. The smallest absolute Gasteiger partial charge is 0.262 e. The molecule has 33 heavy (non-hydrogen) atoms. The molecule has 7 heteroatoms. The van der Waals surface area contributed by atoms with Gasteiger partial charge in [-0.1, -0.05) is 62.0 Å². The Balaban J connectivity index is 1.50. The van der Waals surface area contributed by atoms with Gasteiger partial charge in [0, 0.05) is 19.6 Å². The summed E-state index contributed by atoms with van der Waals surface area (Å²) in [6.07, 6.45) is 1.75. The molecule has 0 unspecified atom stereocenters. The fraction of sp³-hybridized carbons (Fsp3) is 0.423. The molecule has 0 spiro atoms. The van der Waals surface area contributed by atoms with Gasteiger partial charge in [0.15, 0.2) is 5.16 Å². The van der Waals surface area contributed by atoms with Crippen LogP contribution in [0.4, 0.5) is 0 Å². The fourth-order valence-electron chi connectivity index (χ4n) is 4.37. The molecule has 0 atom stereocenters. The molecular weight excluding hydrogens is 432 g/mol. The topological polar surface area (TPSA) is 58.4 Å². The van der Waals surface area contributed by atoms with E-state index in [2.05, 4.69) is 36.9 Å². The molecule has 6 nitrogen and oxygen atoms in total. The van der Waals surface area contributed by atoms with Crippen LogP contribution in [0.1, 0.15) is 31.4 Å². The standard InChI is InChI=1S/C26H32N4O2S/c1-3-28(4-2)15-9-16-30-25(32)22-12-7-8-13-23(22)27-26(30)33-19-24(31)29-17-14-20-10-5-6-11-21(20)18-29/h5-8,10-13H,3-4,9,14-19H2,1-2H3. The highest BCUT2D eigenvalue weighted by Crippen LogP contribution is 2.22. The first kappa shape index (κ1) is 23.5. The fourth-order valence-corrected chi connectivity index (χ4v) is 5.30. The van der Waals surface area contributed by atoms with Crippen LogP contribution in [0.2, 0.25) is 0 Å². The third kappa shape index (κ3) is 5.47. The van der Waals surface area contributed by atoms with Crippen molar-refractivity contribution >= 4 is 28.6 Å². The number of fused-ring (bicyclic) bond motifs is 2. The van der Waals surface area contributed by atoms with Gasteiger partial charge in [0.05, 0.1) is 16.7 Å². The Labute approximate surface area is 199 Å². The van der Waals surface area contributed by atoms with Crippen LogP contribution < -0.4 is 5.56 Å². The zero-order valence-electron chi connectivity index (χ0n) is 19.5. The SMILES string of the molecule is CCN(CC)CCCn1c(SCC(=O)N2CCc3ccccc3C2)nc2ccccc2c1=O. The van der Waals surface area contributed by atoms with Gasteiger partial charge in [0.2, 0.25) is 5.91 Å². The highest BCUT2D eigenvalue weighted by Gasteiger charge is 2.21. The van der Waals surface area contributed by atoms with Gasteiger partial charge < -0.3 is 9.80 Å². The lowest BCUT2D eigenvalue weighted by atomic mass is 10.00.